The Morgan fingerprint density at radius 3 is 2.61 bits per heavy atom. The third-order valence-electron chi connectivity index (χ3n) is 3.38. The van der Waals surface area contributed by atoms with Crippen LogP contribution >= 0.6 is 0 Å². The molecule has 1 N–H and O–H groups in total. The first-order chi connectivity index (χ1) is 8.79. The molecule has 3 nitrogen and oxygen atoms in total. The van der Waals surface area contributed by atoms with E-state index < -0.39 is 0 Å². The molecular weight excluding hydrogens is 226 g/mol. The van der Waals surface area contributed by atoms with Crippen molar-refractivity contribution >= 4 is 11.7 Å². The molecule has 0 aromatic heterocycles. The number of carbonyl (C=O) groups excluding carboxylic acids is 1. The monoisotopic (exact) mass is 247 g/mol. The van der Waals surface area contributed by atoms with Crippen molar-refractivity contribution < 1.29 is 9.53 Å². The molecular formula is C15H21NO2. The van der Waals surface area contributed by atoms with Gasteiger partial charge in [0.05, 0.1) is 12.2 Å². The molecule has 1 fully saturated rings. The molecule has 1 aromatic carbocycles. The summed E-state index contributed by atoms with van der Waals surface area (Å²) in [7, 11) is 0. The smallest absolute Gasteiger partial charge is 0.338 e. The van der Waals surface area contributed by atoms with Crippen molar-refractivity contribution in [3.63, 3.8) is 0 Å². The minimum Gasteiger partial charge on any atom is -0.462 e. The number of hydrogen-bond donors (Lipinski definition) is 1. The van der Waals surface area contributed by atoms with Crippen molar-refractivity contribution in [2.75, 3.05) is 18.5 Å². The van der Waals surface area contributed by atoms with Crippen LogP contribution in [0.25, 0.3) is 0 Å². The minimum atomic E-state index is -0.234. The third kappa shape index (κ3) is 3.49. The average Bonchev–Trinajstić information content (AvgIpc) is 2.35. The lowest BCUT2D eigenvalue weighted by molar-refractivity contribution is 0.0505. The number of hydrogen-bond acceptors (Lipinski definition) is 3. The molecule has 0 atom stereocenters. The van der Waals surface area contributed by atoms with Crippen molar-refractivity contribution in [3.05, 3.63) is 29.8 Å². The number of rotatable bonds is 6. The maximum atomic E-state index is 11.6. The van der Waals surface area contributed by atoms with Crippen LogP contribution in [0, 0.1) is 5.92 Å². The predicted octanol–water partition coefficient (Wildman–Crippen LogP) is 3.47. The van der Waals surface area contributed by atoms with Gasteiger partial charge in [-0.05, 0) is 49.4 Å². The molecule has 18 heavy (non-hydrogen) atoms. The number of carbonyl (C=O) groups is 1. The lowest BCUT2D eigenvalue weighted by Crippen LogP contribution is -2.20. The zero-order chi connectivity index (χ0) is 12.8. The molecule has 1 saturated carbocycles. The highest BCUT2D eigenvalue weighted by atomic mass is 16.5. The fraction of sp³-hybridized carbons (Fsp3) is 0.533. The molecule has 1 aromatic rings. The van der Waals surface area contributed by atoms with Crippen LogP contribution in [0.4, 0.5) is 5.69 Å². The van der Waals surface area contributed by atoms with E-state index in [2.05, 4.69) is 5.32 Å². The Kier molecular flexibility index (Phi) is 4.62. The number of ether oxygens (including phenoxy) is 1. The average molecular weight is 247 g/mol. The quantitative estimate of drug-likeness (QED) is 0.782. The highest BCUT2D eigenvalue weighted by molar-refractivity contribution is 5.89. The fourth-order valence-electron chi connectivity index (χ4n) is 1.96. The summed E-state index contributed by atoms with van der Waals surface area (Å²) in [5.41, 5.74) is 1.70. The van der Waals surface area contributed by atoms with E-state index in [9.17, 15) is 4.79 Å². The van der Waals surface area contributed by atoms with E-state index in [1.54, 1.807) is 0 Å². The maximum Gasteiger partial charge on any atom is 0.338 e. The van der Waals surface area contributed by atoms with Gasteiger partial charge in [0, 0.05) is 12.2 Å². The van der Waals surface area contributed by atoms with Gasteiger partial charge in [-0.1, -0.05) is 13.3 Å². The maximum absolute atomic E-state index is 11.6. The van der Waals surface area contributed by atoms with E-state index in [0.717, 1.165) is 24.6 Å². The molecule has 0 amide bonds. The third-order valence-corrected chi connectivity index (χ3v) is 3.38. The summed E-state index contributed by atoms with van der Waals surface area (Å²) in [5, 5.41) is 3.40. The second-order valence-electron chi connectivity index (χ2n) is 4.89. The van der Waals surface area contributed by atoms with Gasteiger partial charge in [0.1, 0.15) is 0 Å². The van der Waals surface area contributed by atoms with E-state index in [1.165, 1.54) is 19.3 Å². The van der Waals surface area contributed by atoms with Gasteiger partial charge in [-0.3, -0.25) is 0 Å². The summed E-state index contributed by atoms with van der Waals surface area (Å²) in [6.07, 6.45) is 4.91. The Labute approximate surface area is 109 Å². The van der Waals surface area contributed by atoms with Gasteiger partial charge in [-0.2, -0.15) is 0 Å². The zero-order valence-electron chi connectivity index (χ0n) is 10.9. The zero-order valence-corrected chi connectivity index (χ0v) is 10.9. The SMILES string of the molecule is CCCOC(=O)c1ccc(NCC2CCC2)cc1. The van der Waals surface area contributed by atoms with Gasteiger partial charge in [0.2, 0.25) is 0 Å². The highest BCUT2D eigenvalue weighted by Crippen LogP contribution is 2.26. The van der Waals surface area contributed by atoms with Crippen LogP contribution in [0.3, 0.4) is 0 Å². The second kappa shape index (κ2) is 6.43. The van der Waals surface area contributed by atoms with Gasteiger partial charge in [-0.25, -0.2) is 4.79 Å². The molecule has 3 heteroatoms. The van der Waals surface area contributed by atoms with Gasteiger partial charge in [0.25, 0.3) is 0 Å². The van der Waals surface area contributed by atoms with Crippen molar-refractivity contribution in [2.24, 2.45) is 5.92 Å². The fourth-order valence-corrected chi connectivity index (χ4v) is 1.96. The molecule has 0 unspecified atom stereocenters. The molecule has 0 aliphatic heterocycles. The molecule has 98 valence electrons. The van der Waals surface area contributed by atoms with E-state index in [-0.39, 0.29) is 5.97 Å². The summed E-state index contributed by atoms with van der Waals surface area (Å²) in [6, 6.07) is 7.53. The number of benzene rings is 1. The molecule has 0 radical (unpaired) electrons. The van der Waals surface area contributed by atoms with Gasteiger partial charge >= 0.3 is 5.97 Å². The molecule has 2 rings (SSSR count). The lowest BCUT2D eigenvalue weighted by atomic mass is 9.85. The lowest BCUT2D eigenvalue weighted by Gasteiger charge is -2.25. The second-order valence-corrected chi connectivity index (χ2v) is 4.89. The largest absolute Gasteiger partial charge is 0.462 e. The first kappa shape index (κ1) is 12.9. The van der Waals surface area contributed by atoms with Crippen LogP contribution in [-0.4, -0.2) is 19.1 Å². The van der Waals surface area contributed by atoms with Crippen molar-refractivity contribution in [1.29, 1.82) is 0 Å². The summed E-state index contributed by atoms with van der Waals surface area (Å²) in [4.78, 5) is 11.6. The molecule has 0 heterocycles. The Morgan fingerprint density at radius 2 is 2.06 bits per heavy atom. The molecule has 1 aliphatic carbocycles. The summed E-state index contributed by atoms with van der Waals surface area (Å²) in [5.74, 6) is 0.599. The Balaban J connectivity index is 1.82. The number of anilines is 1. The predicted molar refractivity (Wildman–Crippen MR) is 72.8 cm³/mol. The molecule has 0 bridgehead atoms. The summed E-state index contributed by atoms with van der Waals surface area (Å²) >= 11 is 0. The van der Waals surface area contributed by atoms with E-state index in [4.69, 9.17) is 4.74 Å². The molecule has 0 saturated heterocycles. The highest BCUT2D eigenvalue weighted by Gasteiger charge is 2.16. The standard InChI is InChI=1S/C15H21NO2/c1-2-10-18-15(17)13-6-8-14(9-7-13)16-11-12-4-3-5-12/h6-9,12,16H,2-5,10-11H2,1H3. The van der Waals surface area contributed by atoms with Crippen molar-refractivity contribution in [1.82, 2.24) is 0 Å². The van der Waals surface area contributed by atoms with Crippen molar-refractivity contribution in [3.8, 4) is 0 Å². The van der Waals surface area contributed by atoms with E-state index >= 15 is 0 Å². The van der Waals surface area contributed by atoms with Crippen LogP contribution in [-0.2, 0) is 4.74 Å². The minimum absolute atomic E-state index is 0.234. The van der Waals surface area contributed by atoms with Gasteiger partial charge in [0.15, 0.2) is 0 Å². The van der Waals surface area contributed by atoms with Gasteiger partial charge < -0.3 is 10.1 Å². The van der Waals surface area contributed by atoms with Crippen LogP contribution < -0.4 is 5.32 Å². The topological polar surface area (TPSA) is 38.3 Å². The first-order valence-electron chi connectivity index (χ1n) is 6.80. The number of nitrogens with one attached hydrogen (secondary N) is 1. The Hall–Kier alpha value is -1.51. The molecule has 0 spiro atoms. The van der Waals surface area contributed by atoms with E-state index in [1.807, 2.05) is 31.2 Å². The normalized spacial score (nSPS) is 14.9. The molecule has 1 aliphatic rings. The number of esters is 1. The van der Waals surface area contributed by atoms with E-state index in [0.29, 0.717) is 12.2 Å². The Morgan fingerprint density at radius 1 is 1.33 bits per heavy atom. The van der Waals surface area contributed by atoms with Gasteiger partial charge in [-0.15, -0.1) is 0 Å². The van der Waals surface area contributed by atoms with Crippen LogP contribution in [0.15, 0.2) is 24.3 Å². The first-order valence-corrected chi connectivity index (χ1v) is 6.80. The van der Waals surface area contributed by atoms with Crippen molar-refractivity contribution in [2.45, 2.75) is 32.6 Å². The summed E-state index contributed by atoms with van der Waals surface area (Å²) in [6.45, 7) is 3.51. The summed E-state index contributed by atoms with van der Waals surface area (Å²) < 4.78 is 5.08. The van der Waals surface area contributed by atoms with Crippen LogP contribution in [0.1, 0.15) is 43.0 Å². The van der Waals surface area contributed by atoms with Crippen LogP contribution in [0.2, 0.25) is 0 Å². The van der Waals surface area contributed by atoms with Crippen LogP contribution in [0.5, 0.6) is 0 Å². The Bertz CT molecular complexity index is 382.